The fourth-order valence-corrected chi connectivity index (χ4v) is 2.73. The summed E-state index contributed by atoms with van der Waals surface area (Å²) in [5.41, 5.74) is 0.611. The van der Waals surface area contributed by atoms with Gasteiger partial charge in [0.2, 0.25) is 0 Å². The van der Waals surface area contributed by atoms with Gasteiger partial charge in [-0.1, -0.05) is 0 Å². The SMILES string of the molecule is COc1ccc(C(=O)C(C)N2CCOCC2(C)C)cc1. The standard InChI is InChI=1S/C16H23NO3/c1-12(17-9-10-20-11-16(17,2)3)15(18)13-5-7-14(19-4)8-6-13/h5-8,12H,9-11H2,1-4H3. The highest BCUT2D eigenvalue weighted by Gasteiger charge is 2.36. The fraction of sp³-hybridized carbons (Fsp3) is 0.562. The van der Waals surface area contributed by atoms with E-state index < -0.39 is 0 Å². The van der Waals surface area contributed by atoms with Gasteiger partial charge in [-0.25, -0.2) is 0 Å². The second-order valence-electron chi connectivity index (χ2n) is 5.83. The predicted molar refractivity (Wildman–Crippen MR) is 78.4 cm³/mol. The summed E-state index contributed by atoms with van der Waals surface area (Å²) < 4.78 is 10.6. The second-order valence-corrected chi connectivity index (χ2v) is 5.83. The highest BCUT2D eigenvalue weighted by molar-refractivity contribution is 6.00. The number of hydrogen-bond donors (Lipinski definition) is 0. The molecule has 1 aromatic rings. The van der Waals surface area contributed by atoms with Crippen LogP contribution in [0.3, 0.4) is 0 Å². The lowest BCUT2D eigenvalue weighted by Gasteiger charge is -2.45. The van der Waals surface area contributed by atoms with Crippen LogP contribution in [0, 0.1) is 0 Å². The van der Waals surface area contributed by atoms with Crippen LogP contribution in [-0.4, -0.2) is 49.1 Å². The van der Waals surface area contributed by atoms with E-state index in [9.17, 15) is 4.79 Å². The van der Waals surface area contributed by atoms with Gasteiger partial charge in [0.25, 0.3) is 0 Å². The van der Waals surface area contributed by atoms with Gasteiger partial charge < -0.3 is 9.47 Å². The van der Waals surface area contributed by atoms with Crippen molar-refractivity contribution in [3.63, 3.8) is 0 Å². The van der Waals surface area contributed by atoms with Crippen LogP contribution in [0.5, 0.6) is 5.75 Å². The Morgan fingerprint density at radius 3 is 2.55 bits per heavy atom. The van der Waals surface area contributed by atoms with Crippen molar-refractivity contribution in [1.82, 2.24) is 4.90 Å². The Morgan fingerprint density at radius 2 is 2.00 bits per heavy atom. The average molecular weight is 277 g/mol. The van der Waals surface area contributed by atoms with E-state index in [-0.39, 0.29) is 17.4 Å². The zero-order valence-electron chi connectivity index (χ0n) is 12.7. The average Bonchev–Trinajstić information content (AvgIpc) is 2.45. The van der Waals surface area contributed by atoms with Gasteiger partial charge in [0.05, 0.1) is 26.4 Å². The molecule has 1 aliphatic rings. The smallest absolute Gasteiger partial charge is 0.179 e. The number of carbonyl (C=O) groups is 1. The van der Waals surface area contributed by atoms with Gasteiger partial charge in [-0.2, -0.15) is 0 Å². The number of morpholine rings is 1. The third-order valence-electron chi connectivity index (χ3n) is 3.93. The van der Waals surface area contributed by atoms with E-state index in [1.54, 1.807) is 7.11 Å². The van der Waals surface area contributed by atoms with Crippen LogP contribution in [0.2, 0.25) is 0 Å². The molecule has 4 nitrogen and oxygen atoms in total. The number of benzene rings is 1. The first kappa shape index (κ1) is 15.0. The topological polar surface area (TPSA) is 38.8 Å². The zero-order valence-corrected chi connectivity index (χ0v) is 12.7. The van der Waals surface area contributed by atoms with Crippen molar-refractivity contribution in [2.24, 2.45) is 0 Å². The molecule has 1 aliphatic heterocycles. The summed E-state index contributed by atoms with van der Waals surface area (Å²) in [6.45, 7) is 8.33. The van der Waals surface area contributed by atoms with Gasteiger partial charge >= 0.3 is 0 Å². The van der Waals surface area contributed by atoms with E-state index in [0.717, 1.165) is 17.9 Å². The largest absolute Gasteiger partial charge is 0.497 e. The molecule has 1 unspecified atom stereocenters. The Kier molecular flexibility index (Phi) is 4.45. The van der Waals surface area contributed by atoms with Gasteiger partial charge in [-0.05, 0) is 45.0 Å². The highest BCUT2D eigenvalue weighted by atomic mass is 16.5. The summed E-state index contributed by atoms with van der Waals surface area (Å²) in [6.07, 6.45) is 0. The third kappa shape index (κ3) is 3.02. The molecule has 1 saturated heterocycles. The number of carbonyl (C=O) groups excluding carboxylic acids is 1. The number of ether oxygens (including phenoxy) is 2. The van der Waals surface area contributed by atoms with Gasteiger partial charge in [0, 0.05) is 17.6 Å². The summed E-state index contributed by atoms with van der Waals surface area (Å²) >= 11 is 0. The molecule has 0 radical (unpaired) electrons. The van der Waals surface area contributed by atoms with Crippen molar-refractivity contribution < 1.29 is 14.3 Å². The minimum absolute atomic E-state index is 0.111. The summed E-state index contributed by atoms with van der Waals surface area (Å²) in [5, 5.41) is 0. The van der Waals surface area contributed by atoms with E-state index in [1.165, 1.54) is 0 Å². The lowest BCUT2D eigenvalue weighted by molar-refractivity contribution is -0.0626. The summed E-state index contributed by atoms with van der Waals surface area (Å²) in [5.74, 6) is 0.906. The van der Waals surface area contributed by atoms with Crippen LogP contribution in [-0.2, 0) is 4.74 Å². The maximum Gasteiger partial charge on any atom is 0.179 e. The van der Waals surface area contributed by atoms with E-state index in [2.05, 4.69) is 18.7 Å². The highest BCUT2D eigenvalue weighted by Crippen LogP contribution is 2.24. The zero-order chi connectivity index (χ0) is 14.8. The number of nitrogens with zero attached hydrogens (tertiary/aromatic N) is 1. The minimum atomic E-state index is -0.151. The molecule has 0 N–H and O–H groups in total. The fourth-order valence-electron chi connectivity index (χ4n) is 2.73. The molecule has 0 bridgehead atoms. The van der Waals surface area contributed by atoms with Crippen molar-refractivity contribution in [2.45, 2.75) is 32.4 Å². The quantitative estimate of drug-likeness (QED) is 0.792. The Hall–Kier alpha value is -1.39. The second kappa shape index (κ2) is 5.94. The van der Waals surface area contributed by atoms with Crippen molar-refractivity contribution in [2.75, 3.05) is 26.9 Å². The molecule has 4 heteroatoms. The molecule has 1 atom stereocenters. The summed E-state index contributed by atoms with van der Waals surface area (Å²) in [6, 6.07) is 7.15. The van der Waals surface area contributed by atoms with E-state index in [0.29, 0.717) is 13.2 Å². The van der Waals surface area contributed by atoms with Crippen molar-refractivity contribution in [3.05, 3.63) is 29.8 Å². The van der Waals surface area contributed by atoms with Gasteiger partial charge in [0.15, 0.2) is 5.78 Å². The van der Waals surface area contributed by atoms with Gasteiger partial charge in [0.1, 0.15) is 5.75 Å². The Balaban J connectivity index is 2.14. The molecule has 20 heavy (non-hydrogen) atoms. The van der Waals surface area contributed by atoms with Crippen molar-refractivity contribution >= 4 is 5.78 Å². The molecule has 0 amide bonds. The van der Waals surface area contributed by atoms with E-state index >= 15 is 0 Å². The van der Waals surface area contributed by atoms with Crippen LogP contribution >= 0.6 is 0 Å². The molecule has 110 valence electrons. The lowest BCUT2D eigenvalue weighted by Crippen LogP contribution is -2.58. The maximum atomic E-state index is 12.6. The number of rotatable bonds is 4. The summed E-state index contributed by atoms with van der Waals surface area (Å²) in [7, 11) is 1.62. The number of methoxy groups -OCH3 is 1. The van der Waals surface area contributed by atoms with Crippen molar-refractivity contribution in [3.8, 4) is 5.75 Å². The third-order valence-corrected chi connectivity index (χ3v) is 3.93. The summed E-state index contributed by atoms with van der Waals surface area (Å²) in [4.78, 5) is 14.8. The Morgan fingerprint density at radius 1 is 1.35 bits per heavy atom. The van der Waals surface area contributed by atoms with Crippen LogP contribution in [0.1, 0.15) is 31.1 Å². The van der Waals surface area contributed by atoms with Gasteiger partial charge in [-0.3, -0.25) is 9.69 Å². The Labute approximate surface area is 120 Å². The van der Waals surface area contributed by atoms with Crippen LogP contribution < -0.4 is 4.74 Å². The van der Waals surface area contributed by atoms with Crippen molar-refractivity contribution in [1.29, 1.82) is 0 Å². The number of Topliss-reactive ketones (excluding diaryl/α,β-unsaturated/α-hetero) is 1. The van der Waals surface area contributed by atoms with Crippen LogP contribution in [0.25, 0.3) is 0 Å². The predicted octanol–water partition coefficient (Wildman–Crippen LogP) is 2.38. The molecule has 1 aromatic carbocycles. The van der Waals surface area contributed by atoms with Crippen LogP contribution in [0.4, 0.5) is 0 Å². The molecule has 0 aromatic heterocycles. The monoisotopic (exact) mass is 277 g/mol. The van der Waals surface area contributed by atoms with Gasteiger partial charge in [-0.15, -0.1) is 0 Å². The van der Waals surface area contributed by atoms with E-state index in [1.807, 2.05) is 31.2 Å². The normalized spacial score (nSPS) is 20.4. The van der Waals surface area contributed by atoms with E-state index in [4.69, 9.17) is 9.47 Å². The molecule has 2 rings (SSSR count). The first-order chi connectivity index (χ1) is 9.45. The van der Waals surface area contributed by atoms with Crippen LogP contribution in [0.15, 0.2) is 24.3 Å². The Bertz CT molecular complexity index is 467. The first-order valence-corrected chi connectivity index (χ1v) is 6.98. The number of hydrogen-bond acceptors (Lipinski definition) is 4. The first-order valence-electron chi connectivity index (χ1n) is 6.98. The maximum absolute atomic E-state index is 12.6. The molecular formula is C16H23NO3. The molecule has 1 fully saturated rings. The molecule has 0 spiro atoms. The minimum Gasteiger partial charge on any atom is -0.497 e. The molecule has 0 aliphatic carbocycles. The molecule has 0 saturated carbocycles. The lowest BCUT2D eigenvalue weighted by atomic mass is 9.96. The molecular weight excluding hydrogens is 254 g/mol. The molecule has 1 heterocycles. The number of ketones is 1.